The molecule has 0 heterocycles. The Hall–Kier alpha value is -0.670. The normalized spacial score (nSPS) is 22.4. The van der Waals surface area contributed by atoms with Crippen LogP contribution in [0.1, 0.15) is 32.6 Å². The minimum atomic E-state index is -0.844. The molecule has 0 aliphatic heterocycles. The van der Waals surface area contributed by atoms with Gasteiger partial charge < -0.3 is 0 Å². The van der Waals surface area contributed by atoms with Crippen LogP contribution in [0.5, 0.6) is 0 Å². The summed E-state index contributed by atoms with van der Waals surface area (Å²) >= 11 is 0. The smallest absolute Gasteiger partial charge is 0.0542 e. The van der Waals surface area contributed by atoms with E-state index < -0.39 is 10.8 Å². The summed E-state index contributed by atoms with van der Waals surface area (Å²) < 4.78 is 12.3. The summed E-state index contributed by atoms with van der Waals surface area (Å²) in [6.07, 6.45) is 5.47. The highest BCUT2D eigenvalue weighted by Gasteiger charge is 2.38. The Balaban J connectivity index is 1.56. The predicted octanol–water partition coefficient (Wildman–Crippen LogP) is 3.06. The molecule has 3 rings (SSSR count). The first-order valence-electron chi connectivity index (χ1n) is 7.45. The lowest BCUT2D eigenvalue weighted by molar-refractivity contribution is 0.191. The van der Waals surface area contributed by atoms with Gasteiger partial charge in [0.2, 0.25) is 0 Å². The fourth-order valence-corrected chi connectivity index (χ4v) is 3.93. The van der Waals surface area contributed by atoms with Gasteiger partial charge in [-0.3, -0.25) is 9.11 Å². The molecule has 2 aliphatic rings. The fraction of sp³-hybridized carbons (Fsp3) is 0.625. The first kappa shape index (κ1) is 13.3. The van der Waals surface area contributed by atoms with Gasteiger partial charge in [-0.25, -0.2) is 0 Å². The van der Waals surface area contributed by atoms with Crippen LogP contribution in [-0.4, -0.2) is 33.5 Å². The van der Waals surface area contributed by atoms with Gasteiger partial charge in [0, 0.05) is 29.3 Å². The Morgan fingerprint density at radius 2 is 1.89 bits per heavy atom. The van der Waals surface area contributed by atoms with Gasteiger partial charge in [0.25, 0.3) is 0 Å². The van der Waals surface area contributed by atoms with Crippen LogP contribution in [0, 0.1) is 5.92 Å². The molecule has 104 valence electrons. The summed E-state index contributed by atoms with van der Waals surface area (Å²) in [5, 5.41) is 0. The second-order valence-electron chi connectivity index (χ2n) is 5.91. The van der Waals surface area contributed by atoms with E-state index in [0.717, 1.165) is 29.2 Å². The first-order chi connectivity index (χ1) is 9.25. The number of hydrogen-bond donors (Lipinski definition) is 0. The van der Waals surface area contributed by atoms with Crippen molar-refractivity contribution >= 4 is 10.8 Å². The average Bonchev–Trinajstić information content (AvgIpc) is 3.30. The van der Waals surface area contributed by atoms with E-state index in [-0.39, 0.29) is 0 Å². The van der Waals surface area contributed by atoms with Crippen molar-refractivity contribution in [1.29, 1.82) is 0 Å². The van der Waals surface area contributed by atoms with Crippen LogP contribution in [0.15, 0.2) is 35.2 Å². The molecule has 0 bridgehead atoms. The lowest BCUT2D eigenvalue weighted by Gasteiger charge is -2.29. The Bertz CT molecular complexity index is 439. The maximum atomic E-state index is 12.3. The van der Waals surface area contributed by atoms with Crippen molar-refractivity contribution in [2.24, 2.45) is 5.92 Å². The van der Waals surface area contributed by atoms with Crippen LogP contribution >= 0.6 is 0 Å². The van der Waals surface area contributed by atoms with Crippen molar-refractivity contribution < 1.29 is 4.21 Å². The van der Waals surface area contributed by atoms with E-state index in [2.05, 4.69) is 11.8 Å². The molecule has 2 nitrogen and oxygen atoms in total. The second kappa shape index (κ2) is 5.76. The van der Waals surface area contributed by atoms with Crippen LogP contribution < -0.4 is 0 Å². The molecule has 0 amide bonds. The van der Waals surface area contributed by atoms with Gasteiger partial charge >= 0.3 is 0 Å². The molecule has 1 aromatic rings. The summed E-state index contributed by atoms with van der Waals surface area (Å²) in [4.78, 5) is 3.59. The van der Waals surface area contributed by atoms with Gasteiger partial charge in [0.15, 0.2) is 0 Å². The highest BCUT2D eigenvalue weighted by atomic mass is 32.2. The third-order valence-corrected chi connectivity index (χ3v) is 5.74. The molecule has 0 saturated heterocycles. The van der Waals surface area contributed by atoms with E-state index in [1.54, 1.807) is 0 Å². The van der Waals surface area contributed by atoms with Gasteiger partial charge in [0.05, 0.1) is 10.8 Å². The van der Waals surface area contributed by atoms with E-state index in [0.29, 0.717) is 6.04 Å². The minimum Gasteiger partial charge on any atom is -0.297 e. The largest absolute Gasteiger partial charge is 0.297 e. The molecule has 2 aliphatic carbocycles. The van der Waals surface area contributed by atoms with E-state index in [1.807, 2.05) is 30.3 Å². The van der Waals surface area contributed by atoms with E-state index in [9.17, 15) is 4.21 Å². The van der Waals surface area contributed by atoms with Gasteiger partial charge in [-0.1, -0.05) is 18.2 Å². The Morgan fingerprint density at radius 3 is 2.47 bits per heavy atom. The molecule has 0 N–H and O–H groups in total. The minimum absolute atomic E-state index is 0.695. The standard InChI is InChI=1S/C16H23NOS/c1-13(14-7-8-14)17(15-9-10-15)11-12-19(18)16-5-3-2-4-6-16/h2-6,13-15H,7-12H2,1H3/t13-,19-/m1/s1. The van der Waals surface area contributed by atoms with E-state index >= 15 is 0 Å². The Labute approximate surface area is 118 Å². The zero-order chi connectivity index (χ0) is 13.2. The fourth-order valence-electron chi connectivity index (χ4n) is 2.85. The van der Waals surface area contributed by atoms with Crippen LogP contribution in [0.25, 0.3) is 0 Å². The zero-order valence-electron chi connectivity index (χ0n) is 11.6. The molecular weight excluding hydrogens is 254 g/mol. The summed E-state index contributed by atoms with van der Waals surface area (Å²) in [6.45, 7) is 3.35. The number of benzene rings is 1. The first-order valence-corrected chi connectivity index (χ1v) is 8.77. The third-order valence-electron chi connectivity index (χ3n) is 4.38. The quantitative estimate of drug-likeness (QED) is 0.763. The molecule has 1 aromatic carbocycles. The lowest BCUT2D eigenvalue weighted by Crippen LogP contribution is -2.39. The summed E-state index contributed by atoms with van der Waals surface area (Å²) in [6, 6.07) is 11.3. The monoisotopic (exact) mass is 277 g/mol. The van der Waals surface area contributed by atoms with Crippen LogP contribution in [0.2, 0.25) is 0 Å². The maximum Gasteiger partial charge on any atom is 0.0542 e. The van der Waals surface area contributed by atoms with E-state index in [4.69, 9.17) is 0 Å². The molecule has 0 radical (unpaired) electrons. The van der Waals surface area contributed by atoms with Gasteiger partial charge in [-0.15, -0.1) is 0 Å². The van der Waals surface area contributed by atoms with Crippen LogP contribution in [0.3, 0.4) is 0 Å². The molecule has 19 heavy (non-hydrogen) atoms. The summed E-state index contributed by atoms with van der Waals surface area (Å²) in [7, 11) is -0.844. The molecule has 0 aromatic heterocycles. The summed E-state index contributed by atoms with van der Waals surface area (Å²) in [5.74, 6) is 1.68. The highest BCUT2D eigenvalue weighted by molar-refractivity contribution is 7.85. The molecule has 0 spiro atoms. The number of nitrogens with zero attached hydrogens (tertiary/aromatic N) is 1. The molecule has 0 unspecified atom stereocenters. The van der Waals surface area contributed by atoms with Crippen molar-refractivity contribution in [3.63, 3.8) is 0 Å². The van der Waals surface area contributed by atoms with Crippen LogP contribution in [0.4, 0.5) is 0 Å². The molecule has 3 heteroatoms. The second-order valence-corrected chi connectivity index (χ2v) is 7.48. The SMILES string of the molecule is C[C@H](C1CC1)N(CC[S@@](=O)c1ccccc1)C1CC1. The Kier molecular flexibility index (Phi) is 4.04. The molecule has 2 fully saturated rings. The van der Waals surface area contributed by atoms with Gasteiger partial charge in [-0.2, -0.15) is 0 Å². The predicted molar refractivity (Wildman–Crippen MR) is 79.6 cm³/mol. The lowest BCUT2D eigenvalue weighted by atomic mass is 10.2. The van der Waals surface area contributed by atoms with Crippen molar-refractivity contribution in [2.45, 2.75) is 49.6 Å². The topological polar surface area (TPSA) is 20.3 Å². The zero-order valence-corrected chi connectivity index (χ0v) is 12.4. The van der Waals surface area contributed by atoms with E-state index in [1.165, 1.54) is 25.7 Å². The number of hydrogen-bond acceptors (Lipinski definition) is 2. The Morgan fingerprint density at radius 1 is 1.21 bits per heavy atom. The molecule has 2 saturated carbocycles. The average molecular weight is 277 g/mol. The summed E-state index contributed by atoms with van der Waals surface area (Å²) in [5.41, 5.74) is 0. The van der Waals surface area contributed by atoms with Gasteiger partial charge in [-0.05, 0) is 50.7 Å². The van der Waals surface area contributed by atoms with Crippen LogP contribution in [-0.2, 0) is 10.8 Å². The maximum absolute atomic E-state index is 12.3. The molecule has 2 atom stereocenters. The van der Waals surface area contributed by atoms with Crippen molar-refractivity contribution in [3.05, 3.63) is 30.3 Å². The molecular formula is C16H23NOS. The van der Waals surface area contributed by atoms with Crippen molar-refractivity contribution in [2.75, 3.05) is 12.3 Å². The van der Waals surface area contributed by atoms with Crippen molar-refractivity contribution in [1.82, 2.24) is 4.90 Å². The van der Waals surface area contributed by atoms with Crippen molar-refractivity contribution in [3.8, 4) is 0 Å². The third kappa shape index (κ3) is 3.46. The number of rotatable bonds is 7. The highest BCUT2D eigenvalue weighted by Crippen LogP contribution is 2.39. The van der Waals surface area contributed by atoms with Gasteiger partial charge in [0.1, 0.15) is 0 Å².